The minimum atomic E-state index is 0.243. The topological polar surface area (TPSA) is 38.5 Å². The molecule has 108 valence electrons. The molecule has 0 aliphatic heterocycles. The second-order valence-corrected chi connectivity index (χ2v) is 4.71. The van der Waals surface area contributed by atoms with Crippen molar-refractivity contribution in [2.45, 2.75) is 39.7 Å². The zero-order chi connectivity index (χ0) is 14.1. The van der Waals surface area contributed by atoms with Gasteiger partial charge in [0, 0.05) is 12.1 Å². The van der Waals surface area contributed by atoms with Crippen LogP contribution in [0, 0.1) is 0 Å². The first-order valence-electron chi connectivity index (χ1n) is 7.44. The first-order chi connectivity index (χ1) is 9.28. The summed E-state index contributed by atoms with van der Waals surface area (Å²) in [6, 6.07) is 8.52. The maximum atomic E-state index is 5.98. The number of rotatable bonds is 9. The van der Waals surface area contributed by atoms with Crippen LogP contribution in [0.25, 0.3) is 0 Å². The Hall–Kier alpha value is -1.06. The van der Waals surface area contributed by atoms with Gasteiger partial charge in [-0.25, -0.2) is 0 Å². The average molecular weight is 264 g/mol. The van der Waals surface area contributed by atoms with Gasteiger partial charge in [0.2, 0.25) is 0 Å². The molecule has 0 radical (unpaired) electrons. The summed E-state index contributed by atoms with van der Waals surface area (Å²) < 4.78 is 5.92. The van der Waals surface area contributed by atoms with E-state index in [2.05, 4.69) is 43.9 Å². The van der Waals surface area contributed by atoms with E-state index in [0.29, 0.717) is 6.54 Å². The minimum absolute atomic E-state index is 0.243. The maximum Gasteiger partial charge on any atom is 0.124 e. The Bertz CT molecular complexity index is 350. The Labute approximate surface area is 117 Å². The Kier molecular flexibility index (Phi) is 7.53. The molecule has 0 spiro atoms. The molecule has 0 aliphatic rings. The second-order valence-electron chi connectivity index (χ2n) is 4.71. The van der Waals surface area contributed by atoms with Crippen molar-refractivity contribution in [1.29, 1.82) is 0 Å². The lowest BCUT2D eigenvalue weighted by atomic mass is 10.0. The molecule has 1 aromatic rings. The number of para-hydroxylation sites is 1. The lowest BCUT2D eigenvalue weighted by Crippen LogP contribution is -2.33. The van der Waals surface area contributed by atoms with Crippen LogP contribution in [0.15, 0.2) is 24.3 Å². The molecule has 0 fully saturated rings. The molecule has 0 aliphatic carbocycles. The molecule has 1 atom stereocenters. The summed E-state index contributed by atoms with van der Waals surface area (Å²) in [5, 5.41) is 0. The van der Waals surface area contributed by atoms with Crippen molar-refractivity contribution >= 4 is 0 Å². The average Bonchev–Trinajstić information content (AvgIpc) is 2.46. The first-order valence-corrected chi connectivity index (χ1v) is 7.44. The van der Waals surface area contributed by atoms with Crippen molar-refractivity contribution in [3.63, 3.8) is 0 Å². The van der Waals surface area contributed by atoms with E-state index in [1.807, 2.05) is 6.07 Å². The fourth-order valence-electron chi connectivity index (χ4n) is 2.35. The zero-order valence-electron chi connectivity index (χ0n) is 12.6. The van der Waals surface area contributed by atoms with Gasteiger partial charge in [-0.2, -0.15) is 0 Å². The summed E-state index contributed by atoms with van der Waals surface area (Å²) in [6.45, 7) is 9.93. The van der Waals surface area contributed by atoms with E-state index in [9.17, 15) is 0 Å². The Balaban J connectivity index is 2.89. The first kappa shape index (κ1) is 16.0. The number of nitrogens with two attached hydrogens (primary N) is 1. The van der Waals surface area contributed by atoms with Crippen LogP contribution in [0.1, 0.15) is 45.2 Å². The third-order valence-corrected chi connectivity index (χ3v) is 3.51. The molecule has 1 aromatic carbocycles. The highest BCUT2D eigenvalue weighted by Gasteiger charge is 2.19. The summed E-state index contributed by atoms with van der Waals surface area (Å²) in [4.78, 5) is 2.38. The van der Waals surface area contributed by atoms with E-state index in [4.69, 9.17) is 10.5 Å². The molecule has 0 aromatic heterocycles. The molecular weight excluding hydrogens is 236 g/mol. The van der Waals surface area contributed by atoms with Gasteiger partial charge >= 0.3 is 0 Å². The monoisotopic (exact) mass is 264 g/mol. The van der Waals surface area contributed by atoms with Crippen LogP contribution in [-0.4, -0.2) is 31.1 Å². The van der Waals surface area contributed by atoms with E-state index in [0.717, 1.165) is 38.3 Å². The van der Waals surface area contributed by atoms with Crippen LogP contribution < -0.4 is 10.5 Å². The predicted molar refractivity (Wildman–Crippen MR) is 81.6 cm³/mol. The van der Waals surface area contributed by atoms with Crippen molar-refractivity contribution in [3.8, 4) is 5.75 Å². The Morgan fingerprint density at radius 3 is 2.42 bits per heavy atom. The minimum Gasteiger partial charge on any atom is -0.493 e. The fourth-order valence-corrected chi connectivity index (χ4v) is 2.35. The highest BCUT2D eigenvalue weighted by Crippen LogP contribution is 2.28. The van der Waals surface area contributed by atoms with Gasteiger partial charge in [-0.3, -0.25) is 4.90 Å². The largest absolute Gasteiger partial charge is 0.493 e. The SMILES string of the molecule is CCCCOc1ccccc1C(CN)N(CC)CC. The number of likely N-dealkylation sites (N-methyl/N-ethyl adjacent to an activating group) is 1. The molecule has 3 heteroatoms. The van der Waals surface area contributed by atoms with E-state index >= 15 is 0 Å². The smallest absolute Gasteiger partial charge is 0.124 e. The van der Waals surface area contributed by atoms with Crippen LogP contribution >= 0.6 is 0 Å². The number of ether oxygens (including phenoxy) is 1. The predicted octanol–water partition coefficient (Wildman–Crippen LogP) is 3.21. The standard InChI is InChI=1S/C16H28N2O/c1-4-7-12-19-16-11-9-8-10-14(16)15(13-17)18(5-2)6-3/h8-11,15H,4-7,12-13,17H2,1-3H3. The quantitative estimate of drug-likeness (QED) is 0.696. The van der Waals surface area contributed by atoms with Gasteiger partial charge < -0.3 is 10.5 Å². The number of hydrogen-bond donors (Lipinski definition) is 1. The normalized spacial score (nSPS) is 12.7. The van der Waals surface area contributed by atoms with Crippen LogP contribution in [-0.2, 0) is 0 Å². The molecule has 3 nitrogen and oxygen atoms in total. The summed E-state index contributed by atoms with van der Waals surface area (Å²) in [6.07, 6.45) is 2.24. The van der Waals surface area contributed by atoms with Gasteiger partial charge in [0.15, 0.2) is 0 Å². The fraction of sp³-hybridized carbons (Fsp3) is 0.625. The van der Waals surface area contributed by atoms with Gasteiger partial charge in [0.05, 0.1) is 12.6 Å². The van der Waals surface area contributed by atoms with E-state index in [1.54, 1.807) is 0 Å². The third kappa shape index (κ3) is 4.51. The van der Waals surface area contributed by atoms with Gasteiger partial charge in [-0.15, -0.1) is 0 Å². The molecule has 0 heterocycles. The van der Waals surface area contributed by atoms with Crippen LogP contribution in [0.2, 0.25) is 0 Å². The Morgan fingerprint density at radius 1 is 1.16 bits per heavy atom. The van der Waals surface area contributed by atoms with Crippen molar-refractivity contribution in [1.82, 2.24) is 4.90 Å². The van der Waals surface area contributed by atoms with E-state index in [-0.39, 0.29) is 6.04 Å². The highest BCUT2D eigenvalue weighted by atomic mass is 16.5. The van der Waals surface area contributed by atoms with Gasteiger partial charge in [-0.05, 0) is 25.6 Å². The van der Waals surface area contributed by atoms with Crippen molar-refractivity contribution < 1.29 is 4.74 Å². The van der Waals surface area contributed by atoms with E-state index in [1.165, 1.54) is 5.56 Å². The van der Waals surface area contributed by atoms with Crippen molar-refractivity contribution in [3.05, 3.63) is 29.8 Å². The highest BCUT2D eigenvalue weighted by molar-refractivity contribution is 5.36. The molecule has 19 heavy (non-hydrogen) atoms. The number of benzene rings is 1. The summed E-state index contributed by atoms with van der Waals surface area (Å²) in [7, 11) is 0. The lowest BCUT2D eigenvalue weighted by molar-refractivity contribution is 0.215. The van der Waals surface area contributed by atoms with Crippen LogP contribution in [0.4, 0.5) is 0 Å². The summed E-state index contributed by atoms with van der Waals surface area (Å²) >= 11 is 0. The maximum absolute atomic E-state index is 5.98. The molecule has 0 saturated carbocycles. The van der Waals surface area contributed by atoms with Gasteiger partial charge in [0.25, 0.3) is 0 Å². The number of nitrogens with zero attached hydrogens (tertiary/aromatic N) is 1. The van der Waals surface area contributed by atoms with Crippen LogP contribution in [0.3, 0.4) is 0 Å². The van der Waals surface area contributed by atoms with Crippen molar-refractivity contribution in [2.75, 3.05) is 26.2 Å². The molecule has 0 bridgehead atoms. The molecule has 1 unspecified atom stereocenters. The number of hydrogen-bond acceptors (Lipinski definition) is 3. The van der Waals surface area contributed by atoms with Crippen molar-refractivity contribution in [2.24, 2.45) is 5.73 Å². The molecular formula is C16H28N2O. The molecule has 0 amide bonds. The lowest BCUT2D eigenvalue weighted by Gasteiger charge is -2.30. The zero-order valence-corrected chi connectivity index (χ0v) is 12.6. The third-order valence-electron chi connectivity index (χ3n) is 3.51. The summed E-state index contributed by atoms with van der Waals surface area (Å²) in [5.74, 6) is 0.985. The summed E-state index contributed by atoms with van der Waals surface area (Å²) in [5.41, 5.74) is 7.20. The molecule has 1 rings (SSSR count). The van der Waals surface area contributed by atoms with Crippen LogP contribution in [0.5, 0.6) is 5.75 Å². The van der Waals surface area contributed by atoms with Gasteiger partial charge in [0.1, 0.15) is 5.75 Å². The Morgan fingerprint density at radius 2 is 1.84 bits per heavy atom. The molecule has 0 saturated heterocycles. The number of unbranched alkanes of at least 4 members (excludes halogenated alkanes) is 1. The second kappa shape index (κ2) is 8.94. The van der Waals surface area contributed by atoms with E-state index < -0.39 is 0 Å². The molecule has 2 N–H and O–H groups in total. The van der Waals surface area contributed by atoms with Gasteiger partial charge in [-0.1, -0.05) is 45.4 Å².